The van der Waals surface area contributed by atoms with Gasteiger partial charge in [0.15, 0.2) is 49.4 Å². The second-order valence-electron chi connectivity index (χ2n) is 16.7. The van der Waals surface area contributed by atoms with Crippen LogP contribution < -0.4 is 31.9 Å². The average Bonchev–Trinajstić information content (AvgIpc) is 3.92. The maximum absolute atomic E-state index is 15.8. The first-order valence-corrected chi connectivity index (χ1v) is 18.7. The molecule has 6 N–H and O–H groups in total. The van der Waals surface area contributed by atoms with Gasteiger partial charge in [-0.15, -0.1) is 0 Å². The van der Waals surface area contributed by atoms with Gasteiger partial charge >= 0.3 is 19.5 Å². The van der Waals surface area contributed by atoms with E-state index in [0.29, 0.717) is 0 Å². The van der Waals surface area contributed by atoms with Gasteiger partial charge in [0.2, 0.25) is 0 Å². The molecule has 5 aliphatic heterocycles. The number of nitrogens with zero attached hydrogens (tertiary/aromatic N) is 2. The molecule has 4 saturated carbocycles. The third-order valence-corrected chi connectivity index (χ3v) is 14.1. The van der Waals surface area contributed by atoms with Crippen LogP contribution in [0.5, 0.6) is 0 Å². The summed E-state index contributed by atoms with van der Waals surface area (Å²) in [6.07, 6.45) is -62.2. The van der Waals surface area contributed by atoms with E-state index < -0.39 is 195 Å². The van der Waals surface area contributed by atoms with E-state index in [9.17, 15) is 35.1 Å². The number of hydrogen-bond acceptors (Lipinski definition) is 6. The Balaban J connectivity index is 0.00000455. The number of alkyl halides is 16. The van der Waals surface area contributed by atoms with E-state index in [1.165, 1.54) is 0 Å². The average molecular weight is 904 g/mol. The fraction of sp³-hybridized carbons (Fsp3) is 1.00. The van der Waals surface area contributed by atoms with Crippen molar-refractivity contribution in [3.05, 3.63) is 10.6 Å². The van der Waals surface area contributed by atoms with Crippen LogP contribution in [0.15, 0.2) is 0 Å². The van der Waals surface area contributed by atoms with Gasteiger partial charge in [0.25, 0.3) is 0 Å². The van der Waals surface area contributed by atoms with Crippen molar-refractivity contribution in [2.75, 3.05) is 0 Å². The van der Waals surface area contributed by atoms with E-state index in [1.807, 2.05) is 0 Å². The molecule has 320 valence electrons. The van der Waals surface area contributed by atoms with Crippen LogP contribution in [0.1, 0.15) is 0 Å². The van der Waals surface area contributed by atoms with E-state index in [1.54, 1.807) is 0 Å². The Hall–Kier alpha value is -0.817. The second kappa shape index (κ2) is 15.2. The van der Waals surface area contributed by atoms with Crippen LogP contribution in [-0.4, -0.2) is 148 Å². The third-order valence-electron chi connectivity index (χ3n) is 14.1. The zero-order chi connectivity index (χ0) is 40.1. The topological polar surface area (TPSA) is 100 Å². The maximum atomic E-state index is 15.8. The van der Waals surface area contributed by atoms with Gasteiger partial charge < -0.3 is 31.9 Å². The van der Waals surface area contributed by atoms with Crippen LogP contribution in [-0.2, 0) is 19.5 Å². The summed E-state index contributed by atoms with van der Waals surface area (Å²) < 4.78 is 246. The van der Waals surface area contributed by atoms with Crippen molar-refractivity contribution in [3.8, 4) is 0 Å². The van der Waals surface area contributed by atoms with Crippen LogP contribution >= 0.6 is 0 Å². The second-order valence-corrected chi connectivity index (χ2v) is 16.7. The van der Waals surface area contributed by atoms with E-state index >= 15 is 35.1 Å². The minimum absolute atomic E-state index is 0. The standard InChI is InChI=1S/C32H38F16N8.Zn/c33-9-1-2(10(34)18(42)17(9)41)26-49-25(1)53-27-3-4(12(36)20(44)19(43)11(3)35)29(50-27)55-31-7-8(16(40)24(48)23(47)15(7)39)32(52-31)56-30-6-5(28(51-30)54-26)13(37)21(45)22(46)14(6)38;/h1-32,49,52-56H;/q-2;+2. The first-order chi connectivity index (χ1) is 26.4. The Kier molecular flexibility index (Phi) is 11.4. The smallest absolute Gasteiger partial charge is 0.631 e. The first-order valence-electron chi connectivity index (χ1n) is 18.7. The minimum atomic E-state index is -3.09. The zero-order valence-corrected chi connectivity index (χ0v) is 32.1. The number of nitrogens with one attached hydrogen (secondary N) is 6. The summed E-state index contributed by atoms with van der Waals surface area (Å²) in [7, 11) is 0. The van der Waals surface area contributed by atoms with Crippen molar-refractivity contribution in [3.63, 3.8) is 0 Å². The molecule has 9 rings (SSSR count). The molecule has 0 aromatic rings. The van der Waals surface area contributed by atoms with E-state index in [0.717, 1.165) is 0 Å². The van der Waals surface area contributed by atoms with Crippen LogP contribution in [0.4, 0.5) is 70.2 Å². The van der Waals surface area contributed by atoms with Crippen LogP contribution in [0.25, 0.3) is 10.6 Å². The van der Waals surface area contributed by atoms with Gasteiger partial charge in [-0.05, 0) is 23.7 Å². The normalized spacial score (nSPS) is 64.8. The summed E-state index contributed by atoms with van der Waals surface area (Å²) in [6.45, 7) is 0. The number of fused-ring (bicyclic) bond motifs is 20. The molecule has 5 heterocycles. The Morgan fingerprint density at radius 2 is 0.368 bits per heavy atom. The van der Waals surface area contributed by atoms with Crippen molar-refractivity contribution in [2.45, 2.75) is 148 Å². The van der Waals surface area contributed by atoms with Crippen molar-refractivity contribution >= 4 is 0 Å². The van der Waals surface area contributed by atoms with E-state index in [2.05, 4.69) is 42.5 Å². The molecule has 0 amide bonds. The predicted octanol–water partition coefficient (Wildman–Crippen LogP) is 3.34. The first kappa shape index (κ1) is 42.9. The third kappa shape index (κ3) is 6.16. The fourth-order valence-corrected chi connectivity index (χ4v) is 11.5. The monoisotopic (exact) mass is 902 g/mol. The van der Waals surface area contributed by atoms with Crippen molar-refractivity contribution < 1.29 is 89.7 Å². The zero-order valence-electron chi connectivity index (χ0n) is 29.1. The number of rotatable bonds is 0. The molecule has 8 bridgehead atoms. The Bertz CT molecular complexity index is 1170. The Labute approximate surface area is 327 Å². The number of hydrogen-bond donors (Lipinski definition) is 6. The molecule has 9 aliphatic rings. The van der Waals surface area contributed by atoms with Gasteiger partial charge in [0, 0.05) is 23.7 Å². The molecule has 4 aliphatic carbocycles. The fourth-order valence-electron chi connectivity index (χ4n) is 11.5. The van der Waals surface area contributed by atoms with Crippen LogP contribution in [0.2, 0.25) is 0 Å². The molecule has 0 aromatic carbocycles. The molecular formula is C32H38F16N8Zn. The summed E-state index contributed by atoms with van der Waals surface area (Å²) in [4.78, 5) is 0. The summed E-state index contributed by atoms with van der Waals surface area (Å²) in [5.41, 5.74) is 0. The van der Waals surface area contributed by atoms with E-state index in [4.69, 9.17) is 0 Å². The molecule has 32 unspecified atom stereocenters. The molecule has 25 heteroatoms. The molecule has 9 fully saturated rings. The van der Waals surface area contributed by atoms with Gasteiger partial charge in [-0.2, -0.15) is 0 Å². The van der Waals surface area contributed by atoms with Gasteiger partial charge in [0.1, 0.15) is 49.4 Å². The summed E-state index contributed by atoms with van der Waals surface area (Å²) >= 11 is 0. The molecule has 5 saturated heterocycles. The maximum Gasteiger partial charge on any atom is 2.00 e. The quantitative estimate of drug-likeness (QED) is 0.165. The van der Waals surface area contributed by atoms with Crippen LogP contribution in [0, 0.1) is 47.3 Å². The van der Waals surface area contributed by atoms with Crippen molar-refractivity contribution in [1.29, 1.82) is 0 Å². The van der Waals surface area contributed by atoms with Gasteiger partial charge in [0.05, 0.1) is 24.7 Å². The van der Waals surface area contributed by atoms with Gasteiger partial charge in [-0.1, -0.05) is 24.7 Å². The summed E-state index contributed by atoms with van der Waals surface area (Å²) in [6, 6.07) is 0. The number of halogens is 16. The SMILES string of the molecule is FC1C(F)C(F)C2C3[N-]C(NC4NC(NC5[N-]C(NC6NC(N3)C3C(F)C(F)C(F)C(F)C63)C3C(F)C(F)C(F)C(F)C53)C3C(F)C(F)C(F)C(F)C43)C2C1F.[Zn+2]. The molecule has 8 nitrogen and oxygen atoms in total. The van der Waals surface area contributed by atoms with Crippen molar-refractivity contribution in [2.24, 2.45) is 47.3 Å². The molecule has 57 heavy (non-hydrogen) atoms. The van der Waals surface area contributed by atoms with Gasteiger partial charge in [-0.25, -0.2) is 70.2 Å². The van der Waals surface area contributed by atoms with Crippen molar-refractivity contribution in [1.82, 2.24) is 31.9 Å². The molecule has 0 spiro atoms. The summed E-state index contributed by atoms with van der Waals surface area (Å²) in [5, 5.41) is 23.8. The Morgan fingerprint density at radius 3 is 0.544 bits per heavy atom. The molecule has 0 aromatic heterocycles. The summed E-state index contributed by atoms with van der Waals surface area (Å²) in [5.74, 6) is -15.8. The van der Waals surface area contributed by atoms with Gasteiger partial charge in [-0.3, -0.25) is 10.6 Å². The molecular weight excluding hydrogens is 866 g/mol. The predicted molar refractivity (Wildman–Crippen MR) is 162 cm³/mol. The largest absolute Gasteiger partial charge is 2.00 e. The molecule has 0 radical (unpaired) electrons. The van der Waals surface area contributed by atoms with Crippen LogP contribution in [0.3, 0.4) is 0 Å². The molecule has 32 atom stereocenters. The van der Waals surface area contributed by atoms with E-state index in [-0.39, 0.29) is 19.5 Å². The Morgan fingerprint density at radius 1 is 0.211 bits per heavy atom. The minimum Gasteiger partial charge on any atom is -0.631 e.